The predicted octanol–water partition coefficient (Wildman–Crippen LogP) is 4.15. The lowest BCUT2D eigenvalue weighted by molar-refractivity contribution is 0.227. The van der Waals surface area contributed by atoms with Gasteiger partial charge in [0.2, 0.25) is 0 Å². The van der Waals surface area contributed by atoms with Crippen LogP contribution in [0.1, 0.15) is 57.6 Å². The molecule has 0 saturated heterocycles. The summed E-state index contributed by atoms with van der Waals surface area (Å²) in [6.45, 7) is 2.28. The fourth-order valence-electron chi connectivity index (χ4n) is 3.23. The number of hydrogen-bond acceptors (Lipinski definition) is 2. The molecule has 2 N–H and O–H groups in total. The van der Waals surface area contributed by atoms with E-state index in [1.165, 1.54) is 44.9 Å². The van der Waals surface area contributed by atoms with Crippen molar-refractivity contribution in [3.05, 3.63) is 24.2 Å². The summed E-state index contributed by atoms with van der Waals surface area (Å²) in [6.07, 6.45) is 12.2. The lowest BCUT2D eigenvalue weighted by Gasteiger charge is -2.32. The van der Waals surface area contributed by atoms with Crippen molar-refractivity contribution in [1.29, 1.82) is 0 Å². The minimum Gasteiger partial charge on any atom is -0.469 e. The minimum atomic E-state index is 0.281. The minimum absolute atomic E-state index is 0.281. The van der Waals surface area contributed by atoms with Gasteiger partial charge < -0.3 is 10.2 Å². The second-order valence-corrected chi connectivity index (χ2v) is 5.87. The second kappa shape index (κ2) is 6.98. The van der Waals surface area contributed by atoms with E-state index in [4.69, 9.17) is 10.2 Å². The number of nitrogens with two attached hydrogens (primary N) is 1. The van der Waals surface area contributed by atoms with E-state index in [0.717, 1.165) is 18.1 Å². The van der Waals surface area contributed by atoms with Crippen molar-refractivity contribution < 1.29 is 4.42 Å². The van der Waals surface area contributed by atoms with Gasteiger partial charge in [0.25, 0.3) is 0 Å². The molecule has 1 unspecified atom stereocenters. The number of unbranched alkanes of at least 4 members (excludes halogenated alkanes) is 1. The standard InChI is InChI=1S/C16H27NO/c1-2-3-5-13-7-9-14(10-8-13)16(17)12-15-6-4-11-18-15/h4,6,11,13-14,16H,2-3,5,7-10,12,17H2,1H3. The Bertz CT molecular complexity index is 312. The Morgan fingerprint density at radius 1 is 1.33 bits per heavy atom. The molecule has 1 heterocycles. The fraction of sp³-hybridized carbons (Fsp3) is 0.750. The highest BCUT2D eigenvalue weighted by atomic mass is 16.3. The van der Waals surface area contributed by atoms with E-state index < -0.39 is 0 Å². The van der Waals surface area contributed by atoms with Gasteiger partial charge in [-0.15, -0.1) is 0 Å². The van der Waals surface area contributed by atoms with Gasteiger partial charge in [-0.05, 0) is 36.8 Å². The highest BCUT2D eigenvalue weighted by Crippen LogP contribution is 2.33. The van der Waals surface area contributed by atoms with Crippen molar-refractivity contribution in [1.82, 2.24) is 0 Å². The molecule has 0 bridgehead atoms. The van der Waals surface area contributed by atoms with E-state index >= 15 is 0 Å². The van der Waals surface area contributed by atoms with Gasteiger partial charge in [0, 0.05) is 12.5 Å². The predicted molar refractivity (Wildman–Crippen MR) is 75.4 cm³/mol. The first kappa shape index (κ1) is 13.7. The van der Waals surface area contributed by atoms with E-state index in [-0.39, 0.29) is 6.04 Å². The van der Waals surface area contributed by atoms with Crippen LogP contribution in [-0.4, -0.2) is 6.04 Å². The fourth-order valence-corrected chi connectivity index (χ4v) is 3.23. The molecule has 2 heteroatoms. The third-order valence-corrected chi connectivity index (χ3v) is 4.48. The summed E-state index contributed by atoms with van der Waals surface area (Å²) in [5, 5.41) is 0. The molecule has 102 valence electrons. The second-order valence-electron chi connectivity index (χ2n) is 5.87. The smallest absolute Gasteiger partial charge is 0.105 e. The van der Waals surface area contributed by atoms with Crippen molar-refractivity contribution in [2.45, 2.75) is 64.3 Å². The van der Waals surface area contributed by atoms with Crippen LogP contribution in [0.2, 0.25) is 0 Å². The zero-order chi connectivity index (χ0) is 12.8. The van der Waals surface area contributed by atoms with Gasteiger partial charge in [0.15, 0.2) is 0 Å². The highest BCUT2D eigenvalue weighted by Gasteiger charge is 2.25. The molecule has 0 aliphatic heterocycles. The van der Waals surface area contributed by atoms with E-state index in [1.54, 1.807) is 6.26 Å². The first-order chi connectivity index (χ1) is 8.79. The molecule has 1 saturated carbocycles. The van der Waals surface area contributed by atoms with Gasteiger partial charge in [-0.1, -0.05) is 39.0 Å². The normalized spacial score (nSPS) is 26.1. The molecule has 18 heavy (non-hydrogen) atoms. The molecule has 1 aliphatic rings. The van der Waals surface area contributed by atoms with Crippen LogP contribution < -0.4 is 5.73 Å². The Hall–Kier alpha value is -0.760. The maximum absolute atomic E-state index is 6.33. The molecule has 1 fully saturated rings. The summed E-state index contributed by atoms with van der Waals surface area (Å²) in [5.74, 6) is 2.71. The maximum atomic E-state index is 6.33. The van der Waals surface area contributed by atoms with E-state index in [9.17, 15) is 0 Å². The topological polar surface area (TPSA) is 39.2 Å². The van der Waals surface area contributed by atoms with Crippen LogP contribution in [0.3, 0.4) is 0 Å². The summed E-state index contributed by atoms with van der Waals surface area (Å²) in [7, 11) is 0. The molecule has 1 aromatic heterocycles. The van der Waals surface area contributed by atoms with E-state index in [2.05, 4.69) is 6.92 Å². The van der Waals surface area contributed by atoms with Crippen molar-refractivity contribution in [3.63, 3.8) is 0 Å². The van der Waals surface area contributed by atoms with Crippen LogP contribution in [0, 0.1) is 11.8 Å². The Morgan fingerprint density at radius 3 is 2.72 bits per heavy atom. The van der Waals surface area contributed by atoms with Gasteiger partial charge in [0.1, 0.15) is 5.76 Å². The molecular formula is C16H27NO. The molecule has 0 aromatic carbocycles. The summed E-state index contributed by atoms with van der Waals surface area (Å²) >= 11 is 0. The van der Waals surface area contributed by atoms with Crippen LogP contribution in [0.15, 0.2) is 22.8 Å². The molecule has 2 nitrogen and oxygen atoms in total. The molecule has 2 rings (SSSR count). The summed E-state index contributed by atoms with van der Waals surface area (Å²) in [5.41, 5.74) is 6.33. The summed E-state index contributed by atoms with van der Waals surface area (Å²) in [4.78, 5) is 0. The average Bonchev–Trinajstić information content (AvgIpc) is 2.89. The highest BCUT2D eigenvalue weighted by molar-refractivity contribution is 5.01. The Kier molecular flexibility index (Phi) is 5.30. The van der Waals surface area contributed by atoms with Crippen molar-refractivity contribution in [3.8, 4) is 0 Å². The largest absolute Gasteiger partial charge is 0.469 e. The lowest BCUT2D eigenvalue weighted by atomic mass is 9.76. The van der Waals surface area contributed by atoms with Crippen LogP contribution >= 0.6 is 0 Å². The van der Waals surface area contributed by atoms with E-state index in [1.807, 2.05) is 12.1 Å². The number of rotatable bonds is 6. The van der Waals surface area contributed by atoms with Crippen LogP contribution in [0.4, 0.5) is 0 Å². The van der Waals surface area contributed by atoms with Gasteiger partial charge >= 0.3 is 0 Å². The summed E-state index contributed by atoms with van der Waals surface area (Å²) < 4.78 is 5.39. The average molecular weight is 249 g/mol. The van der Waals surface area contributed by atoms with Gasteiger partial charge in [-0.3, -0.25) is 0 Å². The molecule has 1 aromatic rings. The summed E-state index contributed by atoms with van der Waals surface area (Å²) in [6, 6.07) is 4.26. The molecule has 1 atom stereocenters. The molecular weight excluding hydrogens is 222 g/mol. The SMILES string of the molecule is CCCCC1CCC(C(N)Cc2ccco2)CC1. The molecule has 0 amide bonds. The van der Waals surface area contributed by atoms with Crippen LogP contribution in [-0.2, 0) is 6.42 Å². The number of furan rings is 1. The Balaban J connectivity index is 1.72. The van der Waals surface area contributed by atoms with Gasteiger partial charge in [-0.25, -0.2) is 0 Å². The van der Waals surface area contributed by atoms with Crippen LogP contribution in [0.5, 0.6) is 0 Å². The van der Waals surface area contributed by atoms with Crippen molar-refractivity contribution in [2.75, 3.05) is 0 Å². The third-order valence-electron chi connectivity index (χ3n) is 4.48. The zero-order valence-electron chi connectivity index (χ0n) is 11.6. The molecule has 1 aliphatic carbocycles. The van der Waals surface area contributed by atoms with Crippen molar-refractivity contribution in [2.24, 2.45) is 17.6 Å². The third kappa shape index (κ3) is 3.88. The van der Waals surface area contributed by atoms with Crippen molar-refractivity contribution >= 4 is 0 Å². The van der Waals surface area contributed by atoms with Crippen LogP contribution in [0.25, 0.3) is 0 Å². The Morgan fingerprint density at radius 2 is 2.11 bits per heavy atom. The zero-order valence-corrected chi connectivity index (χ0v) is 11.6. The maximum Gasteiger partial charge on any atom is 0.105 e. The van der Waals surface area contributed by atoms with Gasteiger partial charge in [-0.2, -0.15) is 0 Å². The van der Waals surface area contributed by atoms with E-state index in [0.29, 0.717) is 5.92 Å². The quantitative estimate of drug-likeness (QED) is 0.822. The number of hydrogen-bond donors (Lipinski definition) is 1. The Labute approximate surface area is 111 Å². The monoisotopic (exact) mass is 249 g/mol. The molecule has 0 spiro atoms. The first-order valence-corrected chi connectivity index (χ1v) is 7.57. The molecule has 0 radical (unpaired) electrons. The van der Waals surface area contributed by atoms with Gasteiger partial charge in [0.05, 0.1) is 6.26 Å². The lowest BCUT2D eigenvalue weighted by Crippen LogP contribution is -2.34. The first-order valence-electron chi connectivity index (χ1n) is 7.57.